The van der Waals surface area contributed by atoms with Crippen LogP contribution < -0.4 is 4.74 Å². The number of aromatic nitrogens is 1. The predicted octanol–water partition coefficient (Wildman–Crippen LogP) is 4.44. The number of amides is 1. The molecule has 1 aromatic heterocycles. The first kappa shape index (κ1) is 17.5. The van der Waals surface area contributed by atoms with Gasteiger partial charge in [0.05, 0.1) is 18.2 Å². The SMILES string of the molecule is COc1nc2ccc(Br)cc2c2c1/C(=N/OC(=O)N(C)C)c1ccccc1-2. The van der Waals surface area contributed by atoms with Crippen molar-refractivity contribution < 1.29 is 14.4 Å². The quantitative estimate of drug-likeness (QED) is 0.351. The standard InChI is InChI=1S/C20H16BrN3O3/c1-24(2)20(25)27-23-18-13-7-5-4-6-12(13)16-14-10-11(21)8-9-15(14)22-19(26-3)17(16)18/h4-10H,1-3H3/b23-18+. The molecular formula is C20H16BrN3O3. The Morgan fingerprint density at radius 1 is 1.11 bits per heavy atom. The molecule has 0 unspecified atom stereocenters. The molecule has 4 rings (SSSR count). The minimum atomic E-state index is -0.552. The zero-order chi connectivity index (χ0) is 19.1. The summed E-state index contributed by atoms with van der Waals surface area (Å²) in [4.78, 5) is 22.9. The van der Waals surface area contributed by atoms with Crippen LogP contribution in [0.3, 0.4) is 0 Å². The van der Waals surface area contributed by atoms with Gasteiger partial charge < -0.3 is 9.64 Å². The van der Waals surface area contributed by atoms with Gasteiger partial charge in [-0.15, -0.1) is 0 Å². The fourth-order valence-electron chi connectivity index (χ4n) is 3.16. The third-order valence-corrected chi connectivity index (χ3v) is 4.87. The Bertz CT molecular complexity index is 1110. The summed E-state index contributed by atoms with van der Waals surface area (Å²) in [6, 6.07) is 13.7. The van der Waals surface area contributed by atoms with Crippen molar-refractivity contribution in [1.82, 2.24) is 9.88 Å². The number of carbonyl (C=O) groups is 1. The van der Waals surface area contributed by atoms with Crippen molar-refractivity contribution in [1.29, 1.82) is 0 Å². The molecule has 1 aliphatic carbocycles. The van der Waals surface area contributed by atoms with Gasteiger partial charge >= 0.3 is 6.09 Å². The van der Waals surface area contributed by atoms with Gasteiger partial charge in [-0.05, 0) is 23.8 Å². The highest BCUT2D eigenvalue weighted by atomic mass is 79.9. The van der Waals surface area contributed by atoms with E-state index < -0.39 is 6.09 Å². The van der Waals surface area contributed by atoms with Crippen LogP contribution in [-0.4, -0.2) is 42.9 Å². The van der Waals surface area contributed by atoms with Crippen molar-refractivity contribution in [2.75, 3.05) is 21.2 Å². The Hall–Kier alpha value is -2.93. The number of oxime groups is 1. The fraction of sp³-hybridized carbons (Fsp3) is 0.150. The highest BCUT2D eigenvalue weighted by molar-refractivity contribution is 9.10. The van der Waals surface area contributed by atoms with Crippen LogP contribution in [-0.2, 0) is 4.84 Å². The van der Waals surface area contributed by atoms with Gasteiger partial charge in [0.25, 0.3) is 0 Å². The van der Waals surface area contributed by atoms with Crippen LogP contribution in [0.2, 0.25) is 0 Å². The molecule has 7 heteroatoms. The fourth-order valence-corrected chi connectivity index (χ4v) is 3.52. The van der Waals surface area contributed by atoms with Crippen molar-refractivity contribution in [3.8, 4) is 17.0 Å². The number of benzene rings is 2. The number of pyridine rings is 1. The van der Waals surface area contributed by atoms with Gasteiger partial charge in [-0.3, -0.25) is 4.84 Å². The Morgan fingerprint density at radius 3 is 2.56 bits per heavy atom. The minimum Gasteiger partial charge on any atom is -0.480 e. The molecule has 0 radical (unpaired) electrons. The second kappa shape index (κ2) is 6.66. The molecule has 27 heavy (non-hydrogen) atoms. The molecule has 2 aromatic carbocycles. The number of carbonyl (C=O) groups excluding carboxylic acids is 1. The average molecular weight is 426 g/mol. The lowest BCUT2D eigenvalue weighted by Gasteiger charge is -2.11. The van der Waals surface area contributed by atoms with Crippen LogP contribution in [0.5, 0.6) is 5.88 Å². The number of ether oxygens (including phenoxy) is 1. The van der Waals surface area contributed by atoms with E-state index in [1.54, 1.807) is 21.2 Å². The summed E-state index contributed by atoms with van der Waals surface area (Å²) in [5.74, 6) is 0.440. The lowest BCUT2D eigenvalue weighted by atomic mass is 10.0. The predicted molar refractivity (Wildman–Crippen MR) is 107 cm³/mol. The molecule has 0 bridgehead atoms. The number of methoxy groups -OCH3 is 1. The van der Waals surface area contributed by atoms with Crippen molar-refractivity contribution in [3.05, 3.63) is 58.1 Å². The Kier molecular flexibility index (Phi) is 4.31. The summed E-state index contributed by atoms with van der Waals surface area (Å²) in [7, 11) is 4.78. The summed E-state index contributed by atoms with van der Waals surface area (Å²) in [5.41, 5.74) is 4.89. The maximum Gasteiger partial charge on any atom is 0.435 e. The van der Waals surface area contributed by atoms with E-state index in [1.807, 2.05) is 42.5 Å². The maximum absolute atomic E-state index is 11.9. The Morgan fingerprint density at radius 2 is 1.85 bits per heavy atom. The van der Waals surface area contributed by atoms with Crippen molar-refractivity contribution >= 4 is 38.6 Å². The van der Waals surface area contributed by atoms with E-state index in [4.69, 9.17) is 9.57 Å². The summed E-state index contributed by atoms with van der Waals surface area (Å²) in [6.07, 6.45) is -0.552. The first-order valence-corrected chi connectivity index (χ1v) is 9.04. The lowest BCUT2D eigenvalue weighted by Crippen LogP contribution is -2.21. The van der Waals surface area contributed by atoms with Gasteiger partial charge in [-0.2, -0.15) is 0 Å². The molecule has 0 atom stereocenters. The average Bonchev–Trinajstić information content (AvgIpc) is 3.00. The van der Waals surface area contributed by atoms with Gasteiger partial charge in [0.2, 0.25) is 5.88 Å². The molecule has 0 spiro atoms. The third-order valence-electron chi connectivity index (χ3n) is 4.38. The molecule has 0 N–H and O–H groups in total. The molecule has 1 heterocycles. The number of hydrogen-bond donors (Lipinski definition) is 0. The van der Waals surface area contributed by atoms with Gasteiger partial charge in [-0.1, -0.05) is 45.4 Å². The van der Waals surface area contributed by atoms with Crippen molar-refractivity contribution in [2.24, 2.45) is 5.16 Å². The second-order valence-corrected chi connectivity index (χ2v) is 7.19. The van der Waals surface area contributed by atoms with Gasteiger partial charge in [0, 0.05) is 35.1 Å². The molecule has 0 aliphatic heterocycles. The normalized spacial score (nSPS) is 13.4. The first-order valence-electron chi connectivity index (χ1n) is 8.25. The van der Waals surface area contributed by atoms with E-state index in [0.717, 1.165) is 37.6 Å². The number of rotatable bonds is 2. The number of halogens is 1. The van der Waals surface area contributed by atoms with Crippen LogP contribution in [0.25, 0.3) is 22.0 Å². The molecule has 0 saturated carbocycles. The van der Waals surface area contributed by atoms with Crippen LogP contribution in [0, 0.1) is 0 Å². The maximum atomic E-state index is 11.9. The van der Waals surface area contributed by atoms with E-state index in [1.165, 1.54) is 4.90 Å². The molecule has 1 amide bonds. The van der Waals surface area contributed by atoms with E-state index >= 15 is 0 Å². The van der Waals surface area contributed by atoms with E-state index in [0.29, 0.717) is 11.6 Å². The van der Waals surface area contributed by atoms with Crippen molar-refractivity contribution in [2.45, 2.75) is 0 Å². The first-order chi connectivity index (χ1) is 13.0. The topological polar surface area (TPSA) is 64.0 Å². The number of hydrogen-bond acceptors (Lipinski definition) is 5. The molecule has 3 aromatic rings. The molecule has 6 nitrogen and oxygen atoms in total. The summed E-state index contributed by atoms with van der Waals surface area (Å²) >= 11 is 3.53. The van der Waals surface area contributed by atoms with Crippen LogP contribution >= 0.6 is 15.9 Å². The number of nitrogens with zero attached hydrogens (tertiary/aromatic N) is 3. The second-order valence-electron chi connectivity index (χ2n) is 6.27. The van der Waals surface area contributed by atoms with Crippen LogP contribution in [0.15, 0.2) is 52.1 Å². The van der Waals surface area contributed by atoms with E-state index in [2.05, 4.69) is 26.1 Å². The van der Waals surface area contributed by atoms with Gasteiger partial charge in [0.15, 0.2) is 0 Å². The molecular weight excluding hydrogens is 410 g/mol. The summed E-state index contributed by atoms with van der Waals surface area (Å²) in [6.45, 7) is 0. The summed E-state index contributed by atoms with van der Waals surface area (Å²) in [5, 5.41) is 5.13. The lowest BCUT2D eigenvalue weighted by molar-refractivity contribution is 0.122. The molecule has 1 aliphatic rings. The van der Waals surface area contributed by atoms with Gasteiger partial charge in [0.1, 0.15) is 5.71 Å². The van der Waals surface area contributed by atoms with Crippen LogP contribution in [0.4, 0.5) is 4.79 Å². The zero-order valence-electron chi connectivity index (χ0n) is 15.0. The highest BCUT2D eigenvalue weighted by Gasteiger charge is 2.32. The Labute approximate surface area is 164 Å². The van der Waals surface area contributed by atoms with E-state index in [-0.39, 0.29) is 0 Å². The molecule has 0 saturated heterocycles. The van der Waals surface area contributed by atoms with Crippen molar-refractivity contribution in [3.63, 3.8) is 0 Å². The largest absolute Gasteiger partial charge is 0.480 e. The van der Waals surface area contributed by atoms with Crippen LogP contribution in [0.1, 0.15) is 11.1 Å². The third kappa shape index (κ3) is 2.84. The summed E-state index contributed by atoms with van der Waals surface area (Å²) < 4.78 is 6.51. The zero-order valence-corrected chi connectivity index (χ0v) is 16.6. The Balaban J connectivity index is 2.04. The monoisotopic (exact) mass is 425 g/mol. The molecule has 136 valence electrons. The number of fused-ring (bicyclic) bond motifs is 5. The van der Waals surface area contributed by atoms with E-state index in [9.17, 15) is 4.79 Å². The molecule has 0 fully saturated rings. The highest BCUT2D eigenvalue weighted by Crippen LogP contribution is 2.45. The van der Waals surface area contributed by atoms with Gasteiger partial charge in [-0.25, -0.2) is 9.78 Å². The minimum absolute atomic E-state index is 0.440. The smallest absolute Gasteiger partial charge is 0.435 e.